The minimum atomic E-state index is -0.474. The molecular formula is C18H17ClN2O2. The van der Waals surface area contributed by atoms with Crippen LogP contribution in [0.4, 0.5) is 0 Å². The second-order valence-electron chi connectivity index (χ2n) is 5.84. The summed E-state index contributed by atoms with van der Waals surface area (Å²) in [5.74, 6) is -0.470. The summed E-state index contributed by atoms with van der Waals surface area (Å²) in [5.41, 5.74) is 7.11. The minimum absolute atomic E-state index is 0.00398. The van der Waals surface area contributed by atoms with Crippen LogP contribution >= 0.6 is 11.6 Å². The Bertz CT molecular complexity index is 752. The Morgan fingerprint density at radius 2 is 1.83 bits per heavy atom. The van der Waals surface area contributed by atoms with Crippen molar-refractivity contribution in [1.82, 2.24) is 5.32 Å². The molecule has 0 atom stereocenters. The number of nitrogens with two attached hydrogens (primary N) is 1. The van der Waals surface area contributed by atoms with Gasteiger partial charge in [-0.1, -0.05) is 35.9 Å². The van der Waals surface area contributed by atoms with Crippen LogP contribution in [0.3, 0.4) is 0 Å². The summed E-state index contributed by atoms with van der Waals surface area (Å²) in [6.45, 7) is 0.370. The topological polar surface area (TPSA) is 72.2 Å². The van der Waals surface area contributed by atoms with Gasteiger partial charge in [-0.05, 0) is 48.2 Å². The molecule has 0 bridgehead atoms. The number of halogens is 1. The second kappa shape index (κ2) is 6.05. The highest BCUT2D eigenvalue weighted by Gasteiger charge is 2.50. The van der Waals surface area contributed by atoms with Gasteiger partial charge in [0.2, 0.25) is 11.8 Å². The van der Waals surface area contributed by atoms with Gasteiger partial charge in [0.25, 0.3) is 0 Å². The van der Waals surface area contributed by atoms with Gasteiger partial charge in [0.1, 0.15) is 0 Å². The molecule has 2 aromatic rings. The van der Waals surface area contributed by atoms with Gasteiger partial charge in [0, 0.05) is 17.1 Å². The summed E-state index contributed by atoms with van der Waals surface area (Å²) in [6, 6.07) is 14.4. The molecule has 2 aromatic carbocycles. The molecule has 0 saturated heterocycles. The number of hydrogen-bond acceptors (Lipinski definition) is 2. The fourth-order valence-corrected chi connectivity index (χ4v) is 2.85. The molecule has 0 aliphatic heterocycles. The first-order valence-electron chi connectivity index (χ1n) is 7.44. The quantitative estimate of drug-likeness (QED) is 0.885. The van der Waals surface area contributed by atoms with Gasteiger partial charge in [0.05, 0.1) is 5.41 Å². The van der Waals surface area contributed by atoms with Crippen molar-refractivity contribution in [2.75, 3.05) is 0 Å². The van der Waals surface area contributed by atoms with E-state index in [-0.39, 0.29) is 5.91 Å². The van der Waals surface area contributed by atoms with E-state index in [0.29, 0.717) is 17.1 Å². The monoisotopic (exact) mass is 328 g/mol. The highest BCUT2D eigenvalue weighted by molar-refractivity contribution is 6.30. The zero-order valence-electron chi connectivity index (χ0n) is 12.5. The van der Waals surface area contributed by atoms with Crippen LogP contribution < -0.4 is 11.1 Å². The zero-order valence-corrected chi connectivity index (χ0v) is 13.3. The lowest BCUT2D eigenvalue weighted by atomic mass is 9.95. The predicted molar refractivity (Wildman–Crippen MR) is 89.2 cm³/mol. The normalized spacial score (nSPS) is 15.0. The Balaban J connectivity index is 1.69. The van der Waals surface area contributed by atoms with Crippen LogP contribution in [0.15, 0.2) is 48.5 Å². The fraction of sp³-hybridized carbons (Fsp3) is 0.222. The first kappa shape index (κ1) is 15.6. The third-order valence-electron chi connectivity index (χ3n) is 4.25. The van der Waals surface area contributed by atoms with E-state index in [2.05, 4.69) is 5.32 Å². The largest absolute Gasteiger partial charge is 0.366 e. The third kappa shape index (κ3) is 3.22. The SMILES string of the molecule is NC(=O)c1cccc(CNC(=O)C2(c3ccc(Cl)cc3)CC2)c1. The first-order chi connectivity index (χ1) is 11.0. The van der Waals surface area contributed by atoms with E-state index in [0.717, 1.165) is 24.0 Å². The number of primary amides is 1. The Hall–Kier alpha value is -2.33. The molecule has 1 aliphatic carbocycles. The van der Waals surface area contributed by atoms with E-state index in [1.54, 1.807) is 30.3 Å². The summed E-state index contributed by atoms with van der Waals surface area (Å²) in [6.07, 6.45) is 1.67. The van der Waals surface area contributed by atoms with Crippen molar-refractivity contribution in [3.8, 4) is 0 Å². The predicted octanol–water partition coefficient (Wildman–Crippen LogP) is 2.79. The van der Waals surface area contributed by atoms with Crippen LogP contribution in [-0.4, -0.2) is 11.8 Å². The summed E-state index contributed by atoms with van der Waals surface area (Å²) in [5, 5.41) is 3.62. The van der Waals surface area contributed by atoms with E-state index in [1.807, 2.05) is 18.2 Å². The molecule has 118 valence electrons. The fourth-order valence-electron chi connectivity index (χ4n) is 2.73. The molecule has 0 heterocycles. The summed E-state index contributed by atoms with van der Waals surface area (Å²) in [7, 11) is 0. The van der Waals surface area contributed by atoms with Crippen molar-refractivity contribution >= 4 is 23.4 Å². The van der Waals surface area contributed by atoms with Crippen molar-refractivity contribution < 1.29 is 9.59 Å². The zero-order chi connectivity index (χ0) is 16.4. The highest BCUT2D eigenvalue weighted by atomic mass is 35.5. The lowest BCUT2D eigenvalue weighted by Crippen LogP contribution is -2.34. The molecule has 0 unspecified atom stereocenters. The molecule has 3 rings (SSSR count). The molecule has 2 amide bonds. The van der Waals surface area contributed by atoms with Gasteiger partial charge in [-0.2, -0.15) is 0 Å². The van der Waals surface area contributed by atoms with Crippen LogP contribution in [0, 0.1) is 0 Å². The van der Waals surface area contributed by atoms with Crippen LogP contribution in [0.5, 0.6) is 0 Å². The van der Waals surface area contributed by atoms with Gasteiger partial charge in [0.15, 0.2) is 0 Å². The van der Waals surface area contributed by atoms with E-state index in [4.69, 9.17) is 17.3 Å². The Kier molecular flexibility index (Phi) is 4.09. The molecule has 3 N–H and O–H groups in total. The number of amides is 2. The Labute approximate surface area is 139 Å². The average Bonchev–Trinajstić information content (AvgIpc) is 3.35. The minimum Gasteiger partial charge on any atom is -0.366 e. The molecular weight excluding hydrogens is 312 g/mol. The molecule has 4 nitrogen and oxygen atoms in total. The molecule has 23 heavy (non-hydrogen) atoms. The van der Waals surface area contributed by atoms with Crippen molar-refractivity contribution in [2.24, 2.45) is 5.73 Å². The number of rotatable bonds is 5. The van der Waals surface area contributed by atoms with Crippen molar-refractivity contribution in [3.63, 3.8) is 0 Å². The maximum Gasteiger partial charge on any atom is 0.248 e. The van der Waals surface area contributed by atoms with E-state index in [1.165, 1.54) is 0 Å². The smallest absolute Gasteiger partial charge is 0.248 e. The van der Waals surface area contributed by atoms with Crippen LogP contribution in [0.1, 0.15) is 34.3 Å². The van der Waals surface area contributed by atoms with Crippen molar-refractivity contribution in [2.45, 2.75) is 24.8 Å². The molecule has 0 spiro atoms. The van der Waals surface area contributed by atoms with Crippen LogP contribution in [-0.2, 0) is 16.8 Å². The van der Waals surface area contributed by atoms with Crippen LogP contribution in [0.2, 0.25) is 5.02 Å². The average molecular weight is 329 g/mol. The Morgan fingerprint density at radius 3 is 2.43 bits per heavy atom. The molecule has 0 radical (unpaired) electrons. The highest BCUT2D eigenvalue weighted by Crippen LogP contribution is 2.48. The first-order valence-corrected chi connectivity index (χ1v) is 7.82. The second-order valence-corrected chi connectivity index (χ2v) is 6.27. The Morgan fingerprint density at radius 1 is 1.13 bits per heavy atom. The van der Waals surface area contributed by atoms with Gasteiger partial charge < -0.3 is 11.1 Å². The number of hydrogen-bond donors (Lipinski definition) is 2. The number of nitrogens with one attached hydrogen (secondary N) is 1. The number of carbonyl (C=O) groups is 2. The van der Waals surface area contributed by atoms with Gasteiger partial charge in [-0.3, -0.25) is 9.59 Å². The number of benzene rings is 2. The van der Waals surface area contributed by atoms with Gasteiger partial charge in [-0.15, -0.1) is 0 Å². The number of carbonyl (C=O) groups excluding carboxylic acids is 2. The van der Waals surface area contributed by atoms with E-state index >= 15 is 0 Å². The van der Waals surface area contributed by atoms with Crippen LogP contribution in [0.25, 0.3) is 0 Å². The van der Waals surface area contributed by atoms with E-state index < -0.39 is 11.3 Å². The molecule has 5 heteroatoms. The maximum atomic E-state index is 12.6. The molecule has 1 fully saturated rings. The van der Waals surface area contributed by atoms with Gasteiger partial charge in [-0.25, -0.2) is 0 Å². The molecule has 0 aromatic heterocycles. The third-order valence-corrected chi connectivity index (χ3v) is 4.50. The molecule has 1 saturated carbocycles. The lowest BCUT2D eigenvalue weighted by Gasteiger charge is -2.16. The summed E-state index contributed by atoms with van der Waals surface area (Å²) in [4.78, 5) is 23.8. The summed E-state index contributed by atoms with van der Waals surface area (Å²) < 4.78 is 0. The van der Waals surface area contributed by atoms with E-state index in [9.17, 15) is 9.59 Å². The van der Waals surface area contributed by atoms with Gasteiger partial charge >= 0.3 is 0 Å². The maximum absolute atomic E-state index is 12.6. The molecule has 1 aliphatic rings. The van der Waals surface area contributed by atoms with Crippen molar-refractivity contribution in [1.29, 1.82) is 0 Å². The lowest BCUT2D eigenvalue weighted by molar-refractivity contribution is -0.123. The summed E-state index contributed by atoms with van der Waals surface area (Å²) >= 11 is 5.90. The standard InChI is InChI=1S/C18H17ClN2O2/c19-15-6-4-14(5-7-15)18(8-9-18)17(23)21-11-12-2-1-3-13(10-12)16(20)22/h1-7,10H,8-9,11H2,(H2,20,22)(H,21,23). The van der Waals surface area contributed by atoms with Crippen molar-refractivity contribution in [3.05, 3.63) is 70.2 Å².